The van der Waals surface area contributed by atoms with Crippen LogP contribution in [0.25, 0.3) is 0 Å². The number of carboxylic acid groups (broad SMARTS) is 2. The number of likely N-dealkylation sites (N-methyl/N-ethyl adjacent to an activating group) is 1. The Kier molecular flexibility index (Phi) is 11.9. The number of hydrogen-bond acceptors (Lipinski definition) is 5. The number of hydrogen-bond donors (Lipinski definition) is 2. The Hall–Kier alpha value is -2.09. The minimum Gasteiger partial charge on any atom is -0.475 e. The van der Waals surface area contributed by atoms with Crippen molar-refractivity contribution in [1.82, 2.24) is 14.7 Å². The molecule has 3 aliphatic rings. The molecule has 0 bridgehead atoms. The third kappa shape index (κ3) is 10.9. The van der Waals surface area contributed by atoms with Crippen molar-refractivity contribution >= 4 is 17.8 Å². The summed E-state index contributed by atoms with van der Waals surface area (Å²) in [5, 5.41) is 14.2. The number of carboxylic acids is 2. The van der Waals surface area contributed by atoms with E-state index in [2.05, 4.69) is 28.8 Å². The van der Waals surface area contributed by atoms with E-state index in [1.165, 1.54) is 51.7 Å². The Morgan fingerprint density at radius 3 is 1.69 bits per heavy atom. The zero-order valence-electron chi connectivity index (χ0n) is 20.5. The fourth-order valence-electron chi connectivity index (χ4n) is 4.31. The molecule has 2 N–H and O–H groups in total. The Morgan fingerprint density at radius 1 is 0.861 bits per heavy atom. The Balaban J connectivity index is 0.000000383. The largest absolute Gasteiger partial charge is 0.490 e. The second kappa shape index (κ2) is 13.5. The van der Waals surface area contributed by atoms with E-state index < -0.39 is 24.3 Å². The highest BCUT2D eigenvalue weighted by atomic mass is 19.4. The molecule has 36 heavy (non-hydrogen) atoms. The minimum atomic E-state index is -5.08. The van der Waals surface area contributed by atoms with Gasteiger partial charge < -0.3 is 24.9 Å². The van der Waals surface area contributed by atoms with Gasteiger partial charge in [-0.1, -0.05) is 6.42 Å². The van der Waals surface area contributed by atoms with Gasteiger partial charge in [0.2, 0.25) is 5.91 Å². The number of rotatable bonds is 4. The van der Waals surface area contributed by atoms with Gasteiger partial charge in [0.1, 0.15) is 0 Å². The van der Waals surface area contributed by atoms with Gasteiger partial charge in [-0.15, -0.1) is 0 Å². The van der Waals surface area contributed by atoms with Crippen molar-refractivity contribution in [1.29, 1.82) is 0 Å². The number of nitrogens with zero attached hydrogens (tertiary/aromatic N) is 3. The predicted molar refractivity (Wildman–Crippen MR) is 117 cm³/mol. The van der Waals surface area contributed by atoms with Crippen molar-refractivity contribution in [2.24, 2.45) is 11.3 Å². The molecular formula is C22H35F6N3O5. The summed E-state index contributed by atoms with van der Waals surface area (Å²) in [5.41, 5.74) is 0.437. The van der Waals surface area contributed by atoms with E-state index in [1.54, 1.807) is 0 Å². The van der Waals surface area contributed by atoms with Crippen molar-refractivity contribution in [3.63, 3.8) is 0 Å². The molecular weight excluding hydrogens is 500 g/mol. The van der Waals surface area contributed by atoms with Gasteiger partial charge >= 0.3 is 24.3 Å². The Bertz CT molecular complexity index is 709. The lowest BCUT2D eigenvalue weighted by atomic mass is 9.72. The molecule has 1 spiro atoms. The van der Waals surface area contributed by atoms with Gasteiger partial charge in [0.15, 0.2) is 0 Å². The molecule has 2 aliphatic heterocycles. The normalized spacial score (nSPS) is 20.5. The number of halogens is 6. The number of amides is 1. The van der Waals surface area contributed by atoms with E-state index in [0.717, 1.165) is 32.5 Å². The van der Waals surface area contributed by atoms with Crippen LogP contribution in [0, 0.1) is 11.3 Å². The van der Waals surface area contributed by atoms with Crippen molar-refractivity contribution in [3.8, 4) is 0 Å². The van der Waals surface area contributed by atoms with Crippen molar-refractivity contribution in [3.05, 3.63) is 0 Å². The molecule has 8 nitrogen and oxygen atoms in total. The summed E-state index contributed by atoms with van der Waals surface area (Å²) in [7, 11) is 4.30. The fourth-order valence-corrected chi connectivity index (χ4v) is 4.31. The van der Waals surface area contributed by atoms with Gasteiger partial charge in [-0.25, -0.2) is 9.59 Å². The van der Waals surface area contributed by atoms with Crippen LogP contribution in [0.4, 0.5) is 26.3 Å². The van der Waals surface area contributed by atoms with Gasteiger partial charge in [0.25, 0.3) is 0 Å². The molecule has 14 heteroatoms. The molecule has 3 fully saturated rings. The maximum Gasteiger partial charge on any atom is 0.490 e. The quantitative estimate of drug-likeness (QED) is 0.533. The summed E-state index contributed by atoms with van der Waals surface area (Å²) in [6, 6.07) is 0. The molecule has 0 aromatic carbocycles. The molecule has 3 rings (SSSR count). The highest BCUT2D eigenvalue weighted by Crippen LogP contribution is 2.41. The first kappa shape index (κ1) is 31.9. The zero-order chi connectivity index (χ0) is 27.7. The van der Waals surface area contributed by atoms with Crippen LogP contribution < -0.4 is 0 Å². The van der Waals surface area contributed by atoms with Crippen LogP contribution in [0.1, 0.15) is 44.9 Å². The summed E-state index contributed by atoms with van der Waals surface area (Å²) < 4.78 is 63.5. The average Bonchev–Trinajstić information content (AvgIpc) is 2.72. The van der Waals surface area contributed by atoms with Crippen LogP contribution in [0.5, 0.6) is 0 Å². The highest BCUT2D eigenvalue weighted by Gasteiger charge is 2.41. The van der Waals surface area contributed by atoms with Crippen LogP contribution in [0.15, 0.2) is 0 Å². The third-order valence-corrected chi connectivity index (χ3v) is 6.69. The summed E-state index contributed by atoms with van der Waals surface area (Å²) in [5.74, 6) is -4.67. The molecule has 210 valence electrons. The second-order valence-electron chi connectivity index (χ2n) is 9.74. The van der Waals surface area contributed by atoms with Crippen molar-refractivity contribution in [2.45, 2.75) is 57.3 Å². The molecule has 0 aromatic heterocycles. The summed E-state index contributed by atoms with van der Waals surface area (Å²) in [6.45, 7) is 6.84. The van der Waals surface area contributed by atoms with Gasteiger partial charge in [-0.2, -0.15) is 26.3 Å². The summed E-state index contributed by atoms with van der Waals surface area (Å²) >= 11 is 0. The number of piperidine rings is 2. The zero-order valence-corrected chi connectivity index (χ0v) is 20.5. The predicted octanol–water partition coefficient (Wildman–Crippen LogP) is 3.32. The summed E-state index contributed by atoms with van der Waals surface area (Å²) in [4.78, 5) is 37.5. The fraction of sp³-hybridized carbons (Fsp3) is 0.864. The molecule has 0 radical (unpaired) electrons. The first-order valence-corrected chi connectivity index (χ1v) is 11.7. The lowest BCUT2D eigenvalue weighted by Crippen LogP contribution is -2.53. The average molecular weight is 536 g/mol. The van der Waals surface area contributed by atoms with Crippen molar-refractivity contribution < 1.29 is 50.9 Å². The van der Waals surface area contributed by atoms with Gasteiger partial charge in [0, 0.05) is 32.1 Å². The number of alkyl halides is 6. The van der Waals surface area contributed by atoms with Gasteiger partial charge in [0.05, 0.1) is 0 Å². The van der Waals surface area contributed by atoms with Crippen LogP contribution >= 0.6 is 0 Å². The van der Waals surface area contributed by atoms with E-state index >= 15 is 0 Å². The minimum absolute atomic E-state index is 0.371. The maximum atomic E-state index is 12.6. The molecule has 1 saturated carbocycles. The molecule has 2 heterocycles. The van der Waals surface area contributed by atoms with Crippen LogP contribution in [-0.4, -0.2) is 108 Å². The molecule has 0 aromatic rings. The summed E-state index contributed by atoms with van der Waals surface area (Å²) in [6.07, 6.45) is -1.50. The molecule has 0 unspecified atom stereocenters. The van der Waals surface area contributed by atoms with E-state index in [9.17, 15) is 31.1 Å². The second-order valence-corrected chi connectivity index (χ2v) is 9.74. The Morgan fingerprint density at radius 2 is 1.33 bits per heavy atom. The Labute approximate surface area is 206 Å². The number of aliphatic carboxylic acids is 2. The topological polar surface area (TPSA) is 101 Å². The standard InChI is InChI=1S/C18H33N3O.2C2HF3O2/c1-19(2)13-14-20-11-8-18(9-12-20)7-4-10-21(15-18)17(22)16-5-3-6-16;2*3-2(4,5)1(6)7/h16H,3-15H2,1-2H3;2*(H,6,7). The van der Waals surface area contributed by atoms with E-state index in [0.29, 0.717) is 17.2 Å². The highest BCUT2D eigenvalue weighted by molar-refractivity contribution is 5.79. The first-order chi connectivity index (χ1) is 16.5. The SMILES string of the molecule is CN(C)CCN1CCC2(CCCN(C(=O)C3CCC3)C2)CC1.O=C(O)C(F)(F)F.O=C(O)C(F)(F)F. The van der Waals surface area contributed by atoms with E-state index in [4.69, 9.17) is 19.8 Å². The third-order valence-electron chi connectivity index (χ3n) is 6.69. The molecule has 1 amide bonds. The molecule has 2 saturated heterocycles. The monoisotopic (exact) mass is 535 g/mol. The lowest BCUT2D eigenvalue weighted by Gasteiger charge is -2.48. The van der Waals surface area contributed by atoms with Crippen LogP contribution in [0.3, 0.4) is 0 Å². The number of carbonyl (C=O) groups excluding carboxylic acids is 1. The molecule has 1 aliphatic carbocycles. The number of likely N-dealkylation sites (tertiary alicyclic amines) is 2. The van der Waals surface area contributed by atoms with E-state index in [-0.39, 0.29) is 0 Å². The lowest BCUT2D eigenvalue weighted by molar-refractivity contribution is -0.193. The van der Waals surface area contributed by atoms with Crippen LogP contribution in [-0.2, 0) is 14.4 Å². The van der Waals surface area contributed by atoms with Gasteiger partial charge in [-0.05, 0) is 71.1 Å². The van der Waals surface area contributed by atoms with Gasteiger partial charge in [-0.3, -0.25) is 4.79 Å². The smallest absolute Gasteiger partial charge is 0.475 e. The molecule has 0 atom stereocenters. The first-order valence-electron chi connectivity index (χ1n) is 11.7. The van der Waals surface area contributed by atoms with Crippen LogP contribution in [0.2, 0.25) is 0 Å². The maximum absolute atomic E-state index is 12.6. The van der Waals surface area contributed by atoms with E-state index in [1.807, 2.05) is 0 Å². The van der Waals surface area contributed by atoms with Crippen molar-refractivity contribution in [2.75, 3.05) is 53.4 Å². The number of carbonyl (C=O) groups is 3.